The fraction of sp³-hybridized carbons (Fsp3) is 0.667. The topological polar surface area (TPSA) is 67.2 Å². The Balaban J connectivity index is 2.20. The van der Waals surface area contributed by atoms with Gasteiger partial charge in [-0.1, -0.05) is 20.8 Å². The molecular weight excluding hydrogens is 268 g/mol. The second-order valence-electron chi connectivity index (χ2n) is 6.94. The highest BCUT2D eigenvalue weighted by atomic mass is 16.2. The van der Waals surface area contributed by atoms with Crippen molar-refractivity contribution in [3.05, 3.63) is 17.5 Å². The minimum Gasteiger partial charge on any atom is -0.355 e. The molecule has 1 aromatic rings. The first-order chi connectivity index (χ1) is 9.67. The van der Waals surface area contributed by atoms with E-state index in [9.17, 15) is 9.59 Å². The molecule has 0 radical (unpaired) electrons. The SMILES string of the molecule is CC(=O)N1Cc2cn(C)nc2[C@@H](C(=O)NCC(C)(C)C)C1. The summed E-state index contributed by atoms with van der Waals surface area (Å²) in [5.41, 5.74) is 1.77. The van der Waals surface area contributed by atoms with E-state index in [2.05, 4.69) is 31.2 Å². The highest BCUT2D eigenvalue weighted by molar-refractivity contribution is 5.85. The van der Waals surface area contributed by atoms with Crippen LogP contribution in [0.2, 0.25) is 0 Å². The number of fused-ring (bicyclic) bond motifs is 1. The van der Waals surface area contributed by atoms with Crippen LogP contribution in [0.15, 0.2) is 6.20 Å². The number of carbonyl (C=O) groups is 2. The highest BCUT2D eigenvalue weighted by Crippen LogP contribution is 2.27. The number of hydrogen-bond acceptors (Lipinski definition) is 3. The summed E-state index contributed by atoms with van der Waals surface area (Å²) in [4.78, 5) is 25.9. The first-order valence-corrected chi connectivity index (χ1v) is 7.23. The van der Waals surface area contributed by atoms with E-state index in [1.807, 2.05) is 13.2 Å². The largest absolute Gasteiger partial charge is 0.355 e. The molecule has 0 bridgehead atoms. The van der Waals surface area contributed by atoms with Gasteiger partial charge in [-0.2, -0.15) is 5.10 Å². The van der Waals surface area contributed by atoms with Crippen molar-refractivity contribution in [3.63, 3.8) is 0 Å². The van der Waals surface area contributed by atoms with Crippen molar-refractivity contribution >= 4 is 11.8 Å². The summed E-state index contributed by atoms with van der Waals surface area (Å²) in [5.74, 6) is -0.463. The molecule has 0 spiro atoms. The molecule has 2 amide bonds. The van der Waals surface area contributed by atoms with Crippen molar-refractivity contribution in [2.45, 2.75) is 40.2 Å². The number of rotatable bonds is 2. The Morgan fingerprint density at radius 2 is 2.10 bits per heavy atom. The molecule has 0 aliphatic carbocycles. The average molecular weight is 292 g/mol. The molecular formula is C15H24N4O2. The first kappa shape index (κ1) is 15.5. The molecule has 21 heavy (non-hydrogen) atoms. The molecule has 0 aromatic carbocycles. The monoisotopic (exact) mass is 292 g/mol. The molecule has 1 N–H and O–H groups in total. The molecule has 1 atom stereocenters. The Labute approximate surface area is 125 Å². The molecule has 0 saturated heterocycles. The van der Waals surface area contributed by atoms with Gasteiger partial charge < -0.3 is 10.2 Å². The van der Waals surface area contributed by atoms with Crippen molar-refractivity contribution in [2.75, 3.05) is 13.1 Å². The lowest BCUT2D eigenvalue weighted by Crippen LogP contribution is -2.44. The number of aryl methyl sites for hydroxylation is 1. The minimum absolute atomic E-state index is 0.0156. The van der Waals surface area contributed by atoms with Gasteiger partial charge in [-0.05, 0) is 5.41 Å². The zero-order valence-corrected chi connectivity index (χ0v) is 13.4. The Hall–Kier alpha value is -1.85. The second-order valence-corrected chi connectivity index (χ2v) is 6.94. The van der Waals surface area contributed by atoms with Crippen LogP contribution in [0.4, 0.5) is 0 Å². The normalized spacial score (nSPS) is 18.3. The van der Waals surface area contributed by atoms with E-state index in [1.54, 1.807) is 9.58 Å². The van der Waals surface area contributed by atoms with Gasteiger partial charge in [-0.3, -0.25) is 14.3 Å². The lowest BCUT2D eigenvalue weighted by atomic mass is 9.93. The Kier molecular flexibility index (Phi) is 4.07. The van der Waals surface area contributed by atoms with E-state index in [0.29, 0.717) is 19.6 Å². The van der Waals surface area contributed by atoms with E-state index in [0.717, 1.165) is 11.3 Å². The van der Waals surface area contributed by atoms with Crippen LogP contribution >= 0.6 is 0 Å². The number of carbonyl (C=O) groups excluding carboxylic acids is 2. The quantitative estimate of drug-likeness (QED) is 0.885. The predicted molar refractivity (Wildman–Crippen MR) is 79.5 cm³/mol. The van der Waals surface area contributed by atoms with Crippen molar-refractivity contribution < 1.29 is 9.59 Å². The van der Waals surface area contributed by atoms with Crippen LogP contribution < -0.4 is 5.32 Å². The van der Waals surface area contributed by atoms with Gasteiger partial charge in [0.15, 0.2) is 0 Å². The third-order valence-electron chi connectivity index (χ3n) is 3.59. The van der Waals surface area contributed by atoms with Crippen molar-refractivity contribution in [1.29, 1.82) is 0 Å². The number of nitrogens with one attached hydrogen (secondary N) is 1. The fourth-order valence-electron chi connectivity index (χ4n) is 2.47. The van der Waals surface area contributed by atoms with Crippen LogP contribution in [0.5, 0.6) is 0 Å². The van der Waals surface area contributed by atoms with Gasteiger partial charge >= 0.3 is 0 Å². The average Bonchev–Trinajstić information content (AvgIpc) is 2.73. The maximum absolute atomic E-state index is 12.5. The first-order valence-electron chi connectivity index (χ1n) is 7.23. The summed E-state index contributed by atoms with van der Waals surface area (Å²) in [5, 5.41) is 7.39. The van der Waals surface area contributed by atoms with Gasteiger partial charge in [0, 0.05) is 45.4 Å². The van der Waals surface area contributed by atoms with E-state index in [-0.39, 0.29) is 23.1 Å². The van der Waals surface area contributed by atoms with Gasteiger partial charge in [-0.15, -0.1) is 0 Å². The van der Waals surface area contributed by atoms with Crippen LogP contribution in [0.25, 0.3) is 0 Å². The molecule has 1 aliphatic heterocycles. The van der Waals surface area contributed by atoms with Crippen LogP contribution in [0.1, 0.15) is 44.9 Å². The van der Waals surface area contributed by atoms with Gasteiger partial charge in [0.25, 0.3) is 0 Å². The van der Waals surface area contributed by atoms with Gasteiger partial charge in [0.1, 0.15) is 0 Å². The van der Waals surface area contributed by atoms with Crippen LogP contribution in [-0.2, 0) is 23.2 Å². The molecule has 2 rings (SSSR count). The molecule has 2 heterocycles. The number of nitrogens with zero attached hydrogens (tertiary/aromatic N) is 3. The number of aromatic nitrogens is 2. The standard InChI is InChI=1S/C15H24N4O2/c1-10(20)19-7-11-6-18(5)17-13(11)12(8-19)14(21)16-9-15(2,3)4/h6,12H,7-9H2,1-5H3,(H,16,21)/t12-/m0/s1. The van der Waals surface area contributed by atoms with E-state index >= 15 is 0 Å². The van der Waals surface area contributed by atoms with Crippen LogP contribution in [0.3, 0.4) is 0 Å². The second kappa shape index (κ2) is 5.50. The lowest BCUT2D eigenvalue weighted by Gasteiger charge is -2.31. The zero-order chi connectivity index (χ0) is 15.8. The van der Waals surface area contributed by atoms with E-state index in [1.165, 1.54) is 6.92 Å². The predicted octanol–water partition coefficient (Wildman–Crippen LogP) is 1.03. The third-order valence-corrected chi connectivity index (χ3v) is 3.59. The fourth-order valence-corrected chi connectivity index (χ4v) is 2.47. The summed E-state index contributed by atoms with van der Waals surface area (Å²) in [6.45, 7) is 9.28. The van der Waals surface area contributed by atoms with Crippen LogP contribution in [-0.4, -0.2) is 39.6 Å². The number of hydrogen-bond donors (Lipinski definition) is 1. The zero-order valence-electron chi connectivity index (χ0n) is 13.4. The van der Waals surface area contributed by atoms with Gasteiger partial charge in [-0.25, -0.2) is 0 Å². The summed E-state index contributed by atoms with van der Waals surface area (Å²) in [7, 11) is 1.83. The van der Waals surface area contributed by atoms with Gasteiger partial charge in [0.05, 0.1) is 11.6 Å². The summed E-state index contributed by atoms with van der Waals surface area (Å²) in [6.07, 6.45) is 1.88. The van der Waals surface area contributed by atoms with Crippen LogP contribution in [0, 0.1) is 5.41 Å². The van der Waals surface area contributed by atoms with E-state index in [4.69, 9.17) is 0 Å². The summed E-state index contributed by atoms with van der Waals surface area (Å²) in [6, 6.07) is 0. The molecule has 1 aliphatic rings. The molecule has 6 nitrogen and oxygen atoms in total. The van der Waals surface area contributed by atoms with Crippen molar-refractivity contribution in [2.24, 2.45) is 12.5 Å². The van der Waals surface area contributed by atoms with Crippen molar-refractivity contribution in [3.8, 4) is 0 Å². The number of amides is 2. The minimum atomic E-state index is -0.388. The Morgan fingerprint density at radius 1 is 1.43 bits per heavy atom. The highest BCUT2D eigenvalue weighted by Gasteiger charge is 2.34. The summed E-state index contributed by atoms with van der Waals surface area (Å²) < 4.78 is 1.71. The Morgan fingerprint density at radius 3 is 2.67 bits per heavy atom. The Bertz CT molecular complexity index is 557. The molecule has 6 heteroatoms. The smallest absolute Gasteiger partial charge is 0.231 e. The van der Waals surface area contributed by atoms with Crippen molar-refractivity contribution in [1.82, 2.24) is 20.0 Å². The third kappa shape index (κ3) is 3.62. The van der Waals surface area contributed by atoms with E-state index < -0.39 is 0 Å². The molecule has 1 aromatic heterocycles. The maximum Gasteiger partial charge on any atom is 0.231 e. The lowest BCUT2D eigenvalue weighted by molar-refractivity contribution is -0.131. The maximum atomic E-state index is 12.5. The van der Waals surface area contributed by atoms with Gasteiger partial charge in [0.2, 0.25) is 11.8 Å². The molecule has 0 unspecified atom stereocenters. The molecule has 116 valence electrons. The molecule has 0 fully saturated rings. The molecule has 0 saturated carbocycles. The summed E-state index contributed by atoms with van der Waals surface area (Å²) >= 11 is 0.